The molecule has 24 heavy (non-hydrogen) atoms. The van der Waals surface area contributed by atoms with Gasteiger partial charge in [-0.2, -0.15) is 9.97 Å². The van der Waals surface area contributed by atoms with Crippen molar-refractivity contribution in [2.24, 2.45) is 0 Å². The van der Waals surface area contributed by atoms with Crippen LogP contribution in [-0.2, 0) is 0 Å². The lowest BCUT2D eigenvalue weighted by atomic mass is 10.1. The van der Waals surface area contributed by atoms with Crippen LogP contribution in [0.15, 0.2) is 54.6 Å². The van der Waals surface area contributed by atoms with Crippen LogP contribution < -0.4 is 14.2 Å². The highest BCUT2D eigenvalue weighted by Crippen LogP contribution is 2.45. The van der Waals surface area contributed by atoms with Crippen LogP contribution in [0.5, 0.6) is 17.8 Å². The number of rotatable bonds is 4. The predicted octanol–water partition coefficient (Wildman–Crippen LogP) is 3.64. The first-order valence-corrected chi connectivity index (χ1v) is 7.62. The number of hydrogen-bond donors (Lipinski definition) is 0. The molecule has 0 bridgehead atoms. The lowest BCUT2D eigenvalue weighted by molar-refractivity contribution is 0.222. The second-order valence-electron chi connectivity index (χ2n) is 5.41. The molecule has 0 aliphatic heterocycles. The normalized spacial score (nSPS) is 12.4. The average Bonchev–Trinajstić information content (AvgIpc) is 2.96. The van der Waals surface area contributed by atoms with E-state index in [1.807, 2.05) is 24.3 Å². The van der Waals surface area contributed by atoms with Crippen molar-refractivity contribution in [3.8, 4) is 28.9 Å². The molecule has 1 aromatic heterocycles. The zero-order valence-corrected chi connectivity index (χ0v) is 13.4. The van der Waals surface area contributed by atoms with Crippen LogP contribution in [0.25, 0.3) is 11.1 Å². The fourth-order valence-electron chi connectivity index (χ4n) is 2.99. The maximum Gasteiger partial charge on any atom is 0.324 e. The topological polar surface area (TPSA) is 53.5 Å². The van der Waals surface area contributed by atoms with E-state index >= 15 is 0 Å². The van der Waals surface area contributed by atoms with Crippen LogP contribution in [0.2, 0.25) is 0 Å². The lowest BCUT2D eigenvalue weighted by Gasteiger charge is -2.15. The van der Waals surface area contributed by atoms with E-state index in [2.05, 4.69) is 34.2 Å². The van der Waals surface area contributed by atoms with Gasteiger partial charge in [0.1, 0.15) is 0 Å². The van der Waals surface area contributed by atoms with Crippen molar-refractivity contribution in [2.45, 2.75) is 6.10 Å². The Labute approximate surface area is 139 Å². The Morgan fingerprint density at radius 1 is 0.750 bits per heavy atom. The molecule has 1 aliphatic rings. The standard InChI is InChI=1S/C19H16N2O3/c1-22-16-11-17(23-2)21-19(20-16)24-18-14-9-5-3-7-12(14)13-8-4-6-10-15(13)18/h3-11,18H,1-2H3. The SMILES string of the molecule is COc1cc(OC)nc(OC2c3ccccc3-c3ccccc32)n1. The summed E-state index contributed by atoms with van der Waals surface area (Å²) in [6, 6.07) is 18.3. The number of benzene rings is 2. The van der Waals surface area contributed by atoms with Gasteiger partial charge in [-0.25, -0.2) is 0 Å². The summed E-state index contributed by atoms with van der Waals surface area (Å²) in [5.74, 6) is 0.799. The molecule has 1 aliphatic carbocycles. The highest BCUT2D eigenvalue weighted by molar-refractivity contribution is 5.78. The van der Waals surface area contributed by atoms with E-state index in [1.165, 1.54) is 11.1 Å². The van der Waals surface area contributed by atoms with Gasteiger partial charge in [-0.05, 0) is 11.1 Å². The van der Waals surface area contributed by atoms with E-state index in [0.717, 1.165) is 11.1 Å². The highest BCUT2D eigenvalue weighted by Gasteiger charge is 2.30. The molecule has 0 N–H and O–H groups in total. The number of hydrogen-bond acceptors (Lipinski definition) is 5. The predicted molar refractivity (Wildman–Crippen MR) is 89.5 cm³/mol. The summed E-state index contributed by atoms with van der Waals surface area (Å²) < 4.78 is 16.5. The van der Waals surface area contributed by atoms with E-state index < -0.39 is 0 Å². The summed E-state index contributed by atoms with van der Waals surface area (Å²) in [5.41, 5.74) is 4.55. The van der Waals surface area contributed by atoms with Gasteiger partial charge in [0.15, 0.2) is 6.10 Å². The maximum atomic E-state index is 6.13. The molecule has 2 aromatic carbocycles. The number of ether oxygens (including phenoxy) is 3. The maximum absolute atomic E-state index is 6.13. The van der Waals surface area contributed by atoms with Crippen LogP contribution in [-0.4, -0.2) is 24.2 Å². The minimum absolute atomic E-state index is 0.225. The second-order valence-corrected chi connectivity index (χ2v) is 5.41. The summed E-state index contributed by atoms with van der Waals surface area (Å²) in [7, 11) is 3.09. The Balaban J connectivity index is 1.78. The molecule has 0 unspecified atom stereocenters. The second kappa shape index (κ2) is 5.85. The first-order chi connectivity index (χ1) is 11.8. The fraction of sp³-hybridized carbons (Fsp3) is 0.158. The van der Waals surface area contributed by atoms with Gasteiger partial charge in [0.05, 0.1) is 20.3 Å². The van der Waals surface area contributed by atoms with Gasteiger partial charge < -0.3 is 14.2 Å². The molecule has 5 heteroatoms. The number of aromatic nitrogens is 2. The first-order valence-electron chi connectivity index (χ1n) is 7.62. The molecular weight excluding hydrogens is 304 g/mol. The minimum Gasteiger partial charge on any atom is -0.481 e. The zero-order chi connectivity index (χ0) is 16.5. The van der Waals surface area contributed by atoms with Crippen LogP contribution >= 0.6 is 0 Å². The molecule has 1 heterocycles. The third-order valence-corrected chi connectivity index (χ3v) is 4.08. The third kappa shape index (κ3) is 2.34. The number of nitrogens with zero attached hydrogens (tertiary/aromatic N) is 2. The minimum atomic E-state index is -0.255. The van der Waals surface area contributed by atoms with Crippen molar-refractivity contribution in [1.29, 1.82) is 0 Å². The molecule has 0 saturated heterocycles. The van der Waals surface area contributed by atoms with Crippen molar-refractivity contribution >= 4 is 0 Å². The zero-order valence-electron chi connectivity index (χ0n) is 13.4. The largest absolute Gasteiger partial charge is 0.481 e. The van der Waals surface area contributed by atoms with Gasteiger partial charge in [-0.15, -0.1) is 0 Å². The van der Waals surface area contributed by atoms with E-state index in [-0.39, 0.29) is 12.1 Å². The molecule has 0 fully saturated rings. The molecule has 0 amide bonds. The van der Waals surface area contributed by atoms with Gasteiger partial charge in [0.2, 0.25) is 11.8 Å². The van der Waals surface area contributed by atoms with Gasteiger partial charge in [0.25, 0.3) is 0 Å². The molecular formula is C19H16N2O3. The van der Waals surface area contributed by atoms with Crippen molar-refractivity contribution in [3.05, 3.63) is 65.7 Å². The Morgan fingerprint density at radius 3 is 1.75 bits per heavy atom. The Hall–Kier alpha value is -3.08. The number of fused-ring (bicyclic) bond motifs is 3. The molecule has 0 radical (unpaired) electrons. The molecule has 0 saturated carbocycles. The quantitative estimate of drug-likeness (QED) is 0.734. The van der Waals surface area contributed by atoms with Crippen LogP contribution in [0.4, 0.5) is 0 Å². The molecule has 4 rings (SSSR count). The molecule has 120 valence electrons. The van der Waals surface area contributed by atoms with Gasteiger partial charge >= 0.3 is 6.01 Å². The third-order valence-electron chi connectivity index (χ3n) is 4.08. The van der Waals surface area contributed by atoms with Crippen LogP contribution in [0.3, 0.4) is 0 Å². The van der Waals surface area contributed by atoms with Crippen molar-refractivity contribution < 1.29 is 14.2 Å². The van der Waals surface area contributed by atoms with Gasteiger partial charge in [-0.3, -0.25) is 0 Å². The Morgan fingerprint density at radius 2 is 1.25 bits per heavy atom. The monoisotopic (exact) mass is 320 g/mol. The van der Waals surface area contributed by atoms with Gasteiger partial charge in [0, 0.05) is 11.1 Å². The fourth-order valence-corrected chi connectivity index (χ4v) is 2.99. The Kier molecular flexibility index (Phi) is 3.54. The highest BCUT2D eigenvalue weighted by atomic mass is 16.5. The van der Waals surface area contributed by atoms with Gasteiger partial charge in [-0.1, -0.05) is 48.5 Å². The summed E-state index contributed by atoms with van der Waals surface area (Å²) in [4.78, 5) is 8.55. The molecule has 3 aromatic rings. The first kappa shape index (κ1) is 14.5. The Bertz CT molecular complexity index is 828. The summed E-state index contributed by atoms with van der Waals surface area (Å²) in [6.45, 7) is 0. The van der Waals surface area contributed by atoms with E-state index in [1.54, 1.807) is 20.3 Å². The average molecular weight is 320 g/mol. The summed E-state index contributed by atoms with van der Waals surface area (Å²) in [6.07, 6.45) is -0.255. The van der Waals surface area contributed by atoms with Crippen molar-refractivity contribution in [2.75, 3.05) is 14.2 Å². The van der Waals surface area contributed by atoms with Crippen molar-refractivity contribution in [3.63, 3.8) is 0 Å². The molecule has 0 atom stereocenters. The lowest BCUT2D eigenvalue weighted by Crippen LogP contribution is -2.09. The molecule has 5 nitrogen and oxygen atoms in total. The summed E-state index contributed by atoms with van der Waals surface area (Å²) >= 11 is 0. The van der Waals surface area contributed by atoms with E-state index in [0.29, 0.717) is 11.8 Å². The smallest absolute Gasteiger partial charge is 0.324 e. The molecule has 0 spiro atoms. The summed E-state index contributed by atoms with van der Waals surface area (Å²) in [5, 5.41) is 0. The number of methoxy groups -OCH3 is 2. The van der Waals surface area contributed by atoms with E-state index in [4.69, 9.17) is 14.2 Å². The van der Waals surface area contributed by atoms with Crippen LogP contribution in [0, 0.1) is 0 Å². The van der Waals surface area contributed by atoms with Crippen molar-refractivity contribution in [1.82, 2.24) is 9.97 Å². The van der Waals surface area contributed by atoms with E-state index in [9.17, 15) is 0 Å². The van der Waals surface area contributed by atoms with Crippen LogP contribution in [0.1, 0.15) is 17.2 Å².